The number of ketones is 2. The molecule has 2 aliphatic heterocycles. The molecule has 4 aliphatic rings. The summed E-state index contributed by atoms with van der Waals surface area (Å²) in [6.07, 6.45) is 0.119. The maximum atomic E-state index is 14.0. The van der Waals surface area contributed by atoms with E-state index in [1.165, 1.54) is 48.5 Å². The molecule has 14 nitrogen and oxygen atoms in total. The van der Waals surface area contributed by atoms with Gasteiger partial charge >= 0.3 is 11.9 Å². The molecule has 14 heteroatoms. The highest BCUT2D eigenvalue weighted by Gasteiger charge is 2.62. The van der Waals surface area contributed by atoms with Crippen LogP contribution in [0.25, 0.3) is 22.3 Å². The number of carbonyl (C=O) groups is 8. The fourth-order valence-electron chi connectivity index (χ4n) is 9.82. The average Bonchev–Trinajstić information content (AvgIpc) is 4.11. The van der Waals surface area contributed by atoms with Gasteiger partial charge in [0, 0.05) is 24.0 Å². The summed E-state index contributed by atoms with van der Waals surface area (Å²) < 4.78 is 10.6. The monoisotopic (exact) mass is 912 g/mol. The van der Waals surface area contributed by atoms with Gasteiger partial charge in [-0.05, 0) is 118 Å². The normalized spacial score (nSPS) is 16.6. The molecule has 2 saturated heterocycles. The van der Waals surface area contributed by atoms with Crippen molar-refractivity contribution in [1.29, 1.82) is 10.5 Å². The highest BCUT2D eigenvalue weighted by Crippen LogP contribution is 2.48. The lowest BCUT2D eigenvalue weighted by Crippen LogP contribution is -2.44. The Hall–Kier alpha value is -9.14. The lowest BCUT2D eigenvalue weighted by molar-refractivity contribution is -0.126. The second-order valence-electron chi connectivity index (χ2n) is 17.2. The fourth-order valence-corrected chi connectivity index (χ4v) is 9.82. The molecule has 2 unspecified atom stereocenters. The first-order valence-corrected chi connectivity index (χ1v) is 22.0. The van der Waals surface area contributed by atoms with E-state index < -0.39 is 90.4 Å². The molecule has 2 heterocycles. The number of Topliss-reactive ketones (excluding diaryl/α,β-unsaturated/α-hetero) is 2. The van der Waals surface area contributed by atoms with Crippen LogP contribution in [-0.2, 0) is 41.5 Å². The third kappa shape index (κ3) is 7.54. The Labute approximate surface area is 393 Å². The molecular formula is C55H36N4O10. The van der Waals surface area contributed by atoms with Crippen LogP contribution >= 0.6 is 0 Å². The molecule has 2 fully saturated rings. The lowest BCUT2D eigenvalue weighted by Gasteiger charge is -2.28. The maximum Gasteiger partial charge on any atom is 0.338 e. The molecule has 10 rings (SSSR count). The summed E-state index contributed by atoms with van der Waals surface area (Å²) in [5.41, 5.74) is 7.05. The van der Waals surface area contributed by atoms with Crippen molar-refractivity contribution in [2.75, 3.05) is 23.0 Å². The number of ether oxygens (including phenoxy) is 2. The summed E-state index contributed by atoms with van der Waals surface area (Å²) in [7, 11) is 0. The number of nitriles is 2. The van der Waals surface area contributed by atoms with Crippen LogP contribution in [0, 0.1) is 39.9 Å². The van der Waals surface area contributed by atoms with Crippen LogP contribution < -0.4 is 9.80 Å². The van der Waals surface area contributed by atoms with E-state index in [0.29, 0.717) is 24.0 Å². The van der Waals surface area contributed by atoms with Crippen molar-refractivity contribution in [1.82, 2.24) is 0 Å². The summed E-state index contributed by atoms with van der Waals surface area (Å²) in [6, 6.07) is 40.7. The molecule has 2 aliphatic carbocycles. The fraction of sp³-hybridized carbons (Fsp3) is 0.164. The summed E-state index contributed by atoms with van der Waals surface area (Å²) in [6.45, 7) is -1.06. The van der Waals surface area contributed by atoms with Crippen LogP contribution in [-0.4, -0.2) is 60.3 Å². The number of esters is 2. The molecule has 6 aromatic rings. The zero-order valence-corrected chi connectivity index (χ0v) is 36.5. The van der Waals surface area contributed by atoms with Gasteiger partial charge in [-0.1, -0.05) is 72.8 Å². The first-order valence-electron chi connectivity index (χ1n) is 22.0. The van der Waals surface area contributed by atoms with E-state index >= 15 is 0 Å². The molecule has 6 aromatic carbocycles. The van der Waals surface area contributed by atoms with Gasteiger partial charge in [0.15, 0.2) is 30.2 Å². The number of rotatable bonds is 12. The van der Waals surface area contributed by atoms with E-state index in [2.05, 4.69) is 0 Å². The van der Waals surface area contributed by atoms with Gasteiger partial charge in [-0.3, -0.25) is 38.6 Å². The van der Waals surface area contributed by atoms with Crippen LogP contribution in [0.2, 0.25) is 0 Å². The van der Waals surface area contributed by atoms with Crippen molar-refractivity contribution >= 4 is 58.5 Å². The average molecular weight is 913 g/mol. The van der Waals surface area contributed by atoms with Crippen LogP contribution in [0.15, 0.2) is 133 Å². The van der Waals surface area contributed by atoms with Gasteiger partial charge in [-0.2, -0.15) is 10.5 Å². The van der Waals surface area contributed by atoms with Crippen molar-refractivity contribution in [3.05, 3.63) is 178 Å². The van der Waals surface area contributed by atoms with Gasteiger partial charge in [0.1, 0.15) is 0 Å². The maximum absolute atomic E-state index is 14.0. The lowest BCUT2D eigenvalue weighted by atomic mass is 9.67. The third-order valence-electron chi connectivity index (χ3n) is 13.4. The number of imide groups is 2. The van der Waals surface area contributed by atoms with Crippen molar-refractivity contribution in [3.8, 4) is 34.4 Å². The molecule has 0 saturated carbocycles. The quantitative estimate of drug-likeness (QED) is 0.0667. The molecule has 336 valence electrons. The van der Waals surface area contributed by atoms with Gasteiger partial charge in [0.25, 0.3) is 0 Å². The third-order valence-corrected chi connectivity index (χ3v) is 13.4. The number of anilines is 2. The van der Waals surface area contributed by atoms with Crippen LogP contribution in [0.1, 0.15) is 76.5 Å². The zero-order chi connectivity index (χ0) is 48.1. The van der Waals surface area contributed by atoms with Gasteiger partial charge in [0.05, 0.1) is 46.5 Å². The van der Waals surface area contributed by atoms with Gasteiger partial charge in [-0.25, -0.2) is 9.59 Å². The molecule has 0 radical (unpaired) electrons. The molecule has 0 N–H and O–H groups in total. The zero-order valence-electron chi connectivity index (χ0n) is 36.5. The topological polar surface area (TPSA) is 209 Å². The van der Waals surface area contributed by atoms with Crippen molar-refractivity contribution in [3.63, 3.8) is 0 Å². The highest BCUT2D eigenvalue weighted by atomic mass is 16.5. The number of benzene rings is 6. The largest absolute Gasteiger partial charge is 0.454 e. The highest BCUT2D eigenvalue weighted by molar-refractivity contribution is 6.24. The van der Waals surface area contributed by atoms with Gasteiger partial charge in [0.2, 0.25) is 23.6 Å². The van der Waals surface area contributed by atoms with E-state index in [9.17, 15) is 48.9 Å². The minimum atomic E-state index is -2.44. The molecule has 2 atom stereocenters. The number of hydrogen-bond donors (Lipinski definition) is 0. The van der Waals surface area contributed by atoms with Crippen molar-refractivity contribution < 1.29 is 47.8 Å². The standard InChI is InChI=1S/C55H36N4O10/c56-29-55(30-57,45-25-49(62)58(51(45)64)39-15-9-31(10-16-39)53(66)68-27-47(60)35-13-19-43-37(23-35)21-33-5-1-3-7-41(33)43)46-26-50(63)59(52(46)65)40-17-11-32(12-18-40)54(67)69-28-48(61)36-14-20-44-38(24-36)22-34-6-2-4-8-42(34)44/h1-20,23-24,45-46H,21-22,25-28H2. The van der Waals surface area contributed by atoms with E-state index in [1.54, 1.807) is 24.3 Å². The van der Waals surface area contributed by atoms with E-state index in [0.717, 1.165) is 54.3 Å². The number of hydrogen-bond acceptors (Lipinski definition) is 12. The van der Waals surface area contributed by atoms with Crippen LogP contribution in [0.5, 0.6) is 0 Å². The Morgan fingerprint density at radius 2 is 0.855 bits per heavy atom. The summed E-state index contributed by atoms with van der Waals surface area (Å²) in [5, 5.41) is 21.0. The number of nitrogens with zero attached hydrogens (tertiary/aromatic N) is 4. The minimum Gasteiger partial charge on any atom is -0.454 e. The molecule has 0 spiro atoms. The Morgan fingerprint density at radius 1 is 0.493 bits per heavy atom. The van der Waals surface area contributed by atoms with Gasteiger partial charge < -0.3 is 9.47 Å². The predicted octanol–water partition coefficient (Wildman–Crippen LogP) is 7.40. The van der Waals surface area contributed by atoms with E-state index in [1.807, 2.05) is 72.8 Å². The number of fused-ring (bicyclic) bond motifs is 6. The van der Waals surface area contributed by atoms with E-state index in [-0.39, 0.29) is 22.5 Å². The van der Waals surface area contributed by atoms with Gasteiger partial charge in [-0.15, -0.1) is 0 Å². The molecule has 69 heavy (non-hydrogen) atoms. The molecule has 0 aromatic heterocycles. The molecule has 0 bridgehead atoms. The Balaban J connectivity index is 0.760. The smallest absolute Gasteiger partial charge is 0.338 e. The molecular weight excluding hydrogens is 877 g/mol. The molecule has 4 amide bonds. The second kappa shape index (κ2) is 17.3. The number of amides is 4. The predicted molar refractivity (Wildman–Crippen MR) is 246 cm³/mol. The Kier molecular flexibility index (Phi) is 10.9. The van der Waals surface area contributed by atoms with Crippen LogP contribution in [0.4, 0.5) is 11.4 Å². The van der Waals surface area contributed by atoms with Crippen LogP contribution in [0.3, 0.4) is 0 Å². The Bertz CT molecular complexity index is 3120. The Morgan fingerprint density at radius 3 is 1.25 bits per heavy atom. The summed E-state index contributed by atoms with van der Waals surface area (Å²) >= 11 is 0. The summed E-state index contributed by atoms with van der Waals surface area (Å²) in [4.78, 5) is 108. The van der Waals surface area contributed by atoms with Crippen molar-refractivity contribution in [2.45, 2.75) is 25.7 Å². The first kappa shape index (κ1) is 43.7. The second-order valence-corrected chi connectivity index (χ2v) is 17.2. The van der Waals surface area contributed by atoms with E-state index in [4.69, 9.17) is 9.47 Å². The van der Waals surface area contributed by atoms with Crippen molar-refractivity contribution in [2.24, 2.45) is 17.3 Å². The first-order chi connectivity index (χ1) is 33.4. The SMILES string of the molecule is N#CC(C#N)(C1CC(=O)N(c2ccc(C(=O)OCC(=O)c3ccc4c(c3)Cc3ccccc3-4)cc2)C1=O)C1CC(=O)N(c2ccc(C(=O)OCC(=O)c3ccc4c(c3)Cc3ccccc3-4)cc2)C1=O. The summed E-state index contributed by atoms with van der Waals surface area (Å²) in [5.74, 6) is -9.22. The minimum absolute atomic E-state index is 0.0111. The number of carbonyl (C=O) groups excluding carboxylic acids is 8.